The summed E-state index contributed by atoms with van der Waals surface area (Å²) in [5.74, 6) is -0.925. The summed E-state index contributed by atoms with van der Waals surface area (Å²) in [6, 6.07) is 16.7. The van der Waals surface area contributed by atoms with Crippen LogP contribution in [0.4, 0.5) is 8.78 Å². The van der Waals surface area contributed by atoms with E-state index in [0.717, 1.165) is 11.1 Å². The van der Waals surface area contributed by atoms with Crippen LogP contribution in [0.25, 0.3) is 11.1 Å². The van der Waals surface area contributed by atoms with Gasteiger partial charge in [-0.25, -0.2) is 8.78 Å². The molecule has 3 heteroatoms. The summed E-state index contributed by atoms with van der Waals surface area (Å²) in [7, 11) is -0.148. The lowest BCUT2D eigenvalue weighted by molar-refractivity contribution is 0.509. The second kappa shape index (κ2) is 8.57. The van der Waals surface area contributed by atoms with E-state index in [1.54, 1.807) is 6.07 Å². The van der Waals surface area contributed by atoms with Crippen LogP contribution in [0.15, 0.2) is 54.6 Å². The van der Waals surface area contributed by atoms with Gasteiger partial charge in [-0.1, -0.05) is 60.6 Å². The third-order valence-electron chi connectivity index (χ3n) is 5.23. The van der Waals surface area contributed by atoms with Gasteiger partial charge in [0.1, 0.15) is 0 Å². The van der Waals surface area contributed by atoms with Gasteiger partial charge in [-0.05, 0) is 60.9 Å². The SMILES string of the molecule is C/C=C/CC[Si]1CCC(c2ccc(-c3ccc(F)c(F)c3)cc2)CC1. The predicted molar refractivity (Wildman–Crippen MR) is 103 cm³/mol. The second-order valence-corrected chi connectivity index (χ2v) is 9.88. The van der Waals surface area contributed by atoms with Crippen molar-refractivity contribution in [2.75, 3.05) is 0 Å². The highest BCUT2D eigenvalue weighted by atomic mass is 28.3. The van der Waals surface area contributed by atoms with E-state index in [-0.39, 0.29) is 8.80 Å². The van der Waals surface area contributed by atoms with Crippen LogP contribution in [0, 0.1) is 11.6 Å². The first-order valence-corrected chi connectivity index (χ1v) is 11.3. The normalized spacial score (nSPS) is 16.6. The molecule has 0 atom stereocenters. The number of benzene rings is 2. The van der Waals surface area contributed by atoms with Gasteiger partial charge >= 0.3 is 0 Å². The first-order chi connectivity index (χ1) is 12.2. The van der Waals surface area contributed by atoms with E-state index in [4.69, 9.17) is 0 Å². The van der Waals surface area contributed by atoms with Crippen molar-refractivity contribution in [1.82, 2.24) is 0 Å². The van der Waals surface area contributed by atoms with Gasteiger partial charge in [0.25, 0.3) is 0 Å². The molecule has 0 saturated carbocycles. The maximum atomic E-state index is 13.4. The fourth-order valence-corrected chi connectivity index (χ4v) is 6.53. The van der Waals surface area contributed by atoms with Gasteiger partial charge in [-0.3, -0.25) is 0 Å². The molecule has 3 rings (SSSR count). The molecule has 2 aromatic carbocycles. The van der Waals surface area contributed by atoms with Crippen LogP contribution >= 0.6 is 0 Å². The number of rotatable bonds is 5. The molecule has 0 spiro atoms. The Hall–Kier alpha value is -1.74. The van der Waals surface area contributed by atoms with Gasteiger partial charge in [-0.15, -0.1) is 0 Å². The largest absolute Gasteiger partial charge is 0.204 e. The molecule has 1 aliphatic heterocycles. The van der Waals surface area contributed by atoms with Crippen LogP contribution < -0.4 is 0 Å². The fraction of sp³-hybridized carbons (Fsp3) is 0.364. The molecule has 1 heterocycles. The summed E-state index contributed by atoms with van der Waals surface area (Å²) in [5, 5.41) is 0. The van der Waals surface area contributed by atoms with Gasteiger partial charge in [0.2, 0.25) is 0 Å². The van der Waals surface area contributed by atoms with Crippen LogP contribution in [0.1, 0.15) is 37.7 Å². The van der Waals surface area contributed by atoms with E-state index < -0.39 is 11.6 Å². The van der Waals surface area contributed by atoms with Gasteiger partial charge < -0.3 is 0 Å². The molecule has 131 valence electrons. The molecular weight excluding hydrogens is 330 g/mol. The number of hydrogen-bond donors (Lipinski definition) is 0. The maximum absolute atomic E-state index is 13.4. The number of allylic oxidation sites excluding steroid dienone is 2. The highest BCUT2D eigenvalue weighted by Gasteiger charge is 2.23. The van der Waals surface area contributed by atoms with E-state index in [2.05, 4.69) is 31.2 Å². The van der Waals surface area contributed by atoms with Crippen molar-refractivity contribution in [3.05, 3.63) is 71.8 Å². The van der Waals surface area contributed by atoms with Crippen molar-refractivity contribution < 1.29 is 8.78 Å². The highest BCUT2D eigenvalue weighted by Crippen LogP contribution is 2.35. The highest BCUT2D eigenvalue weighted by molar-refractivity contribution is 6.59. The molecule has 2 aromatic rings. The third kappa shape index (κ3) is 4.66. The Labute approximate surface area is 151 Å². The van der Waals surface area contributed by atoms with Crippen molar-refractivity contribution in [2.24, 2.45) is 0 Å². The number of hydrogen-bond acceptors (Lipinski definition) is 0. The standard InChI is InChI=1S/C22H25F2Si/c1-2-3-4-13-25-14-11-19(12-15-25)17-5-7-18(8-6-17)20-9-10-21(23)22(24)16-20/h2-3,5-10,16,19H,4,11-15H2,1H3/b3-2+. The van der Waals surface area contributed by atoms with Gasteiger partial charge in [0, 0.05) is 8.80 Å². The Morgan fingerprint density at radius 1 is 0.960 bits per heavy atom. The van der Waals surface area contributed by atoms with E-state index >= 15 is 0 Å². The summed E-state index contributed by atoms with van der Waals surface area (Å²) in [5.41, 5.74) is 3.05. The molecule has 0 aromatic heterocycles. The van der Waals surface area contributed by atoms with Crippen molar-refractivity contribution in [3.63, 3.8) is 0 Å². The quantitative estimate of drug-likeness (QED) is 0.401. The van der Waals surface area contributed by atoms with Crippen LogP contribution in [0.2, 0.25) is 18.1 Å². The zero-order valence-corrected chi connectivity index (χ0v) is 15.8. The Morgan fingerprint density at radius 3 is 2.28 bits per heavy atom. The minimum absolute atomic E-state index is 0.148. The lowest BCUT2D eigenvalue weighted by Gasteiger charge is -2.27. The molecule has 0 amide bonds. The predicted octanol–water partition coefficient (Wildman–Crippen LogP) is 6.97. The topological polar surface area (TPSA) is 0 Å². The maximum Gasteiger partial charge on any atom is 0.159 e. The summed E-state index contributed by atoms with van der Waals surface area (Å²) in [4.78, 5) is 0. The number of halogens is 2. The first-order valence-electron chi connectivity index (χ1n) is 9.17. The molecule has 1 saturated heterocycles. The summed E-state index contributed by atoms with van der Waals surface area (Å²) >= 11 is 0. The van der Waals surface area contributed by atoms with Gasteiger partial charge in [-0.2, -0.15) is 0 Å². The molecule has 0 nitrogen and oxygen atoms in total. The Bertz CT molecular complexity index is 713. The molecule has 0 unspecified atom stereocenters. The fourth-order valence-electron chi connectivity index (χ4n) is 3.69. The molecule has 1 aliphatic rings. The average Bonchev–Trinajstić information content (AvgIpc) is 2.65. The zero-order chi connectivity index (χ0) is 17.6. The Morgan fingerprint density at radius 2 is 1.64 bits per heavy atom. The molecule has 0 aliphatic carbocycles. The summed E-state index contributed by atoms with van der Waals surface area (Å²) in [6.07, 6.45) is 8.30. The van der Waals surface area contributed by atoms with E-state index in [1.807, 2.05) is 12.1 Å². The van der Waals surface area contributed by atoms with Crippen LogP contribution in [-0.4, -0.2) is 8.80 Å². The molecule has 0 N–H and O–H groups in total. The summed E-state index contributed by atoms with van der Waals surface area (Å²) < 4.78 is 26.5. The monoisotopic (exact) mass is 355 g/mol. The van der Waals surface area contributed by atoms with Crippen molar-refractivity contribution in [1.29, 1.82) is 0 Å². The minimum atomic E-state index is -0.797. The van der Waals surface area contributed by atoms with Crippen LogP contribution in [0.5, 0.6) is 0 Å². The second-order valence-electron chi connectivity index (χ2n) is 6.88. The molecule has 25 heavy (non-hydrogen) atoms. The van der Waals surface area contributed by atoms with Crippen molar-refractivity contribution in [2.45, 2.75) is 50.2 Å². The smallest absolute Gasteiger partial charge is 0.159 e. The first kappa shape index (κ1) is 18.1. The van der Waals surface area contributed by atoms with Crippen molar-refractivity contribution in [3.8, 4) is 11.1 Å². The Kier molecular flexibility index (Phi) is 6.19. The van der Waals surface area contributed by atoms with Gasteiger partial charge in [0.05, 0.1) is 0 Å². The van der Waals surface area contributed by atoms with Crippen molar-refractivity contribution >= 4 is 8.80 Å². The lowest BCUT2D eigenvalue weighted by atomic mass is 9.92. The van der Waals surface area contributed by atoms with E-state index in [0.29, 0.717) is 5.92 Å². The zero-order valence-electron chi connectivity index (χ0n) is 14.8. The van der Waals surface area contributed by atoms with E-state index in [1.165, 1.54) is 55.1 Å². The average molecular weight is 356 g/mol. The van der Waals surface area contributed by atoms with E-state index in [9.17, 15) is 8.78 Å². The molecule has 0 bridgehead atoms. The Balaban J connectivity index is 1.60. The molecule has 1 radical (unpaired) electrons. The molecular formula is C22H25F2Si. The van der Waals surface area contributed by atoms with Gasteiger partial charge in [0.15, 0.2) is 11.6 Å². The summed E-state index contributed by atoms with van der Waals surface area (Å²) in [6.45, 7) is 2.10. The lowest BCUT2D eigenvalue weighted by Crippen LogP contribution is -2.20. The minimum Gasteiger partial charge on any atom is -0.204 e. The van der Waals surface area contributed by atoms with Crippen LogP contribution in [-0.2, 0) is 0 Å². The third-order valence-corrected chi connectivity index (χ3v) is 8.22. The van der Waals surface area contributed by atoms with Crippen LogP contribution in [0.3, 0.4) is 0 Å². The molecule has 1 fully saturated rings.